The fourth-order valence-electron chi connectivity index (χ4n) is 4.81. The van der Waals surface area contributed by atoms with Crippen molar-refractivity contribution in [3.8, 4) is 5.75 Å². The maximum absolute atomic E-state index is 12.7. The van der Waals surface area contributed by atoms with E-state index in [0.29, 0.717) is 17.7 Å². The van der Waals surface area contributed by atoms with E-state index in [9.17, 15) is 9.59 Å². The van der Waals surface area contributed by atoms with E-state index in [0.717, 1.165) is 60.2 Å². The highest BCUT2D eigenvalue weighted by Crippen LogP contribution is 2.36. The number of fused-ring (bicyclic) bond motifs is 1. The van der Waals surface area contributed by atoms with E-state index in [2.05, 4.69) is 23.6 Å². The minimum Gasteiger partial charge on any atom is -0.483 e. The van der Waals surface area contributed by atoms with Crippen molar-refractivity contribution >= 4 is 22.7 Å². The van der Waals surface area contributed by atoms with Crippen LogP contribution in [0.5, 0.6) is 5.75 Å². The third-order valence-electron chi connectivity index (χ3n) is 6.40. The number of aryl methyl sites for hydroxylation is 1. The number of aromatic nitrogens is 1. The summed E-state index contributed by atoms with van der Waals surface area (Å²) in [5, 5.41) is 0.823. The molecular formula is C26H31N3O3. The van der Waals surface area contributed by atoms with Gasteiger partial charge in [-0.2, -0.15) is 0 Å². The van der Waals surface area contributed by atoms with Gasteiger partial charge in [0.15, 0.2) is 6.61 Å². The fourth-order valence-corrected chi connectivity index (χ4v) is 4.81. The zero-order valence-electron chi connectivity index (χ0n) is 18.9. The monoisotopic (exact) mass is 433 g/mol. The first-order valence-electron chi connectivity index (χ1n) is 11.4. The molecule has 2 heterocycles. The second kappa shape index (κ2) is 9.47. The van der Waals surface area contributed by atoms with E-state index in [4.69, 9.17) is 10.5 Å². The van der Waals surface area contributed by atoms with Crippen molar-refractivity contribution in [1.82, 2.24) is 9.47 Å². The maximum Gasteiger partial charge on any atom is 0.260 e. The summed E-state index contributed by atoms with van der Waals surface area (Å²) in [7, 11) is 0. The standard InChI is InChI=1S/C26H31N3O3/c1-3-29-18(2)24(26(27)31)25-20(16-19-10-6-4-7-11-19)22(13-12-21(25)29)32-17-23(30)28-14-8-5-9-15-28/h4,6-7,10-13H,3,5,8-9,14-17H2,1-2H3,(H2,27,31). The highest BCUT2D eigenvalue weighted by atomic mass is 16.5. The Hall–Kier alpha value is -3.28. The molecule has 1 fully saturated rings. The second-order valence-corrected chi connectivity index (χ2v) is 8.40. The quantitative estimate of drug-likeness (QED) is 0.611. The summed E-state index contributed by atoms with van der Waals surface area (Å²) in [5.41, 5.74) is 10.2. The van der Waals surface area contributed by atoms with Gasteiger partial charge in [0, 0.05) is 48.2 Å². The summed E-state index contributed by atoms with van der Waals surface area (Å²) in [6, 6.07) is 13.9. The van der Waals surface area contributed by atoms with Gasteiger partial charge in [-0.15, -0.1) is 0 Å². The number of piperidine rings is 1. The van der Waals surface area contributed by atoms with Crippen molar-refractivity contribution in [3.05, 3.63) is 64.8 Å². The Kier molecular flexibility index (Phi) is 6.49. The summed E-state index contributed by atoms with van der Waals surface area (Å²) in [6.07, 6.45) is 3.84. The molecule has 3 aromatic rings. The molecule has 0 spiro atoms. The lowest BCUT2D eigenvalue weighted by Crippen LogP contribution is -2.38. The number of hydrogen-bond donors (Lipinski definition) is 1. The lowest BCUT2D eigenvalue weighted by molar-refractivity contribution is -0.134. The van der Waals surface area contributed by atoms with Gasteiger partial charge in [0.05, 0.1) is 5.56 Å². The number of benzene rings is 2. The van der Waals surface area contributed by atoms with Crippen molar-refractivity contribution in [2.75, 3.05) is 19.7 Å². The molecule has 0 atom stereocenters. The van der Waals surface area contributed by atoms with E-state index >= 15 is 0 Å². The van der Waals surface area contributed by atoms with Crippen molar-refractivity contribution in [1.29, 1.82) is 0 Å². The molecule has 2 aromatic carbocycles. The lowest BCUT2D eigenvalue weighted by atomic mass is 9.97. The predicted octanol–water partition coefficient (Wildman–Crippen LogP) is 4.05. The van der Waals surface area contributed by atoms with Crippen molar-refractivity contribution in [2.45, 2.75) is 46.1 Å². The Morgan fingerprint density at radius 3 is 2.41 bits per heavy atom. The number of amides is 2. The molecule has 0 radical (unpaired) electrons. The van der Waals surface area contributed by atoms with Crippen LogP contribution in [0.25, 0.3) is 10.9 Å². The maximum atomic E-state index is 12.7. The van der Waals surface area contributed by atoms with Gasteiger partial charge >= 0.3 is 0 Å². The zero-order chi connectivity index (χ0) is 22.7. The number of primary amides is 1. The SMILES string of the molecule is CCn1c(C)c(C(N)=O)c2c(Cc3ccccc3)c(OCC(=O)N3CCCCC3)ccc21. The Morgan fingerprint density at radius 2 is 1.75 bits per heavy atom. The van der Waals surface area contributed by atoms with Crippen LogP contribution in [0.15, 0.2) is 42.5 Å². The molecule has 0 unspecified atom stereocenters. The summed E-state index contributed by atoms with van der Waals surface area (Å²) >= 11 is 0. The van der Waals surface area contributed by atoms with Crippen LogP contribution in [0.1, 0.15) is 53.4 Å². The number of hydrogen-bond acceptors (Lipinski definition) is 3. The number of ether oxygens (including phenoxy) is 1. The summed E-state index contributed by atoms with van der Waals surface area (Å²) in [5.74, 6) is 0.186. The van der Waals surface area contributed by atoms with Crippen LogP contribution < -0.4 is 10.5 Å². The van der Waals surface area contributed by atoms with Crippen molar-refractivity contribution in [3.63, 3.8) is 0 Å². The minimum absolute atomic E-state index is 0.00727. The average molecular weight is 434 g/mol. The number of likely N-dealkylation sites (tertiary alicyclic amines) is 1. The normalized spacial score (nSPS) is 14.0. The molecule has 0 bridgehead atoms. The highest BCUT2D eigenvalue weighted by molar-refractivity contribution is 6.09. The van der Waals surface area contributed by atoms with Crippen LogP contribution in [-0.2, 0) is 17.8 Å². The zero-order valence-corrected chi connectivity index (χ0v) is 18.9. The first-order chi connectivity index (χ1) is 15.5. The number of nitrogens with two attached hydrogens (primary N) is 1. The van der Waals surface area contributed by atoms with E-state index in [1.807, 2.05) is 42.2 Å². The molecule has 1 aromatic heterocycles. The molecule has 1 saturated heterocycles. The molecule has 0 saturated carbocycles. The Balaban J connectivity index is 1.77. The van der Waals surface area contributed by atoms with Gasteiger partial charge < -0.3 is 19.9 Å². The van der Waals surface area contributed by atoms with Gasteiger partial charge in [0.2, 0.25) is 0 Å². The van der Waals surface area contributed by atoms with Crippen LogP contribution in [0.4, 0.5) is 0 Å². The number of carbonyl (C=O) groups is 2. The predicted molar refractivity (Wildman–Crippen MR) is 126 cm³/mol. The van der Waals surface area contributed by atoms with E-state index < -0.39 is 5.91 Å². The summed E-state index contributed by atoms with van der Waals surface area (Å²) in [6.45, 7) is 6.29. The van der Waals surface area contributed by atoms with Crippen molar-refractivity contribution < 1.29 is 14.3 Å². The number of nitrogens with zero attached hydrogens (tertiary/aromatic N) is 2. The molecule has 32 heavy (non-hydrogen) atoms. The molecule has 1 aliphatic rings. The van der Waals surface area contributed by atoms with Crippen molar-refractivity contribution in [2.24, 2.45) is 5.73 Å². The molecule has 0 aliphatic carbocycles. The van der Waals surface area contributed by atoms with Gasteiger partial charge in [0.1, 0.15) is 5.75 Å². The summed E-state index contributed by atoms with van der Waals surface area (Å²) in [4.78, 5) is 27.0. The Bertz CT molecular complexity index is 1130. The Morgan fingerprint density at radius 1 is 1.03 bits per heavy atom. The first kappa shape index (κ1) is 21.9. The molecular weight excluding hydrogens is 402 g/mol. The van der Waals surface area contributed by atoms with Crippen LogP contribution >= 0.6 is 0 Å². The van der Waals surface area contributed by atoms with Gasteiger partial charge in [0.25, 0.3) is 11.8 Å². The molecule has 4 rings (SSSR count). The second-order valence-electron chi connectivity index (χ2n) is 8.40. The molecule has 168 valence electrons. The van der Waals surface area contributed by atoms with E-state index in [1.54, 1.807) is 0 Å². The van der Waals surface area contributed by atoms with Crippen LogP contribution in [0.3, 0.4) is 0 Å². The lowest BCUT2D eigenvalue weighted by Gasteiger charge is -2.26. The topological polar surface area (TPSA) is 77.6 Å². The molecule has 2 N–H and O–H groups in total. The average Bonchev–Trinajstić information content (AvgIpc) is 3.11. The van der Waals surface area contributed by atoms with Gasteiger partial charge in [-0.25, -0.2) is 0 Å². The Labute approximate surface area is 188 Å². The van der Waals surface area contributed by atoms with Gasteiger partial charge in [-0.1, -0.05) is 30.3 Å². The highest BCUT2D eigenvalue weighted by Gasteiger charge is 2.24. The smallest absolute Gasteiger partial charge is 0.260 e. The molecule has 6 nitrogen and oxygen atoms in total. The van der Waals surface area contributed by atoms with Crippen LogP contribution in [0, 0.1) is 6.92 Å². The number of rotatable bonds is 7. The number of carbonyl (C=O) groups excluding carboxylic acids is 2. The first-order valence-corrected chi connectivity index (χ1v) is 11.4. The van der Waals surface area contributed by atoms with Crippen LogP contribution in [0.2, 0.25) is 0 Å². The molecule has 6 heteroatoms. The minimum atomic E-state index is -0.449. The van der Waals surface area contributed by atoms with E-state index in [-0.39, 0.29) is 12.5 Å². The summed E-state index contributed by atoms with van der Waals surface area (Å²) < 4.78 is 8.20. The third kappa shape index (κ3) is 4.22. The molecule has 2 amide bonds. The van der Waals surface area contributed by atoms with E-state index in [1.165, 1.54) is 6.42 Å². The molecule has 1 aliphatic heterocycles. The third-order valence-corrected chi connectivity index (χ3v) is 6.40. The van der Waals surface area contributed by atoms with Gasteiger partial charge in [-0.05, 0) is 50.8 Å². The fraction of sp³-hybridized carbons (Fsp3) is 0.385. The van der Waals surface area contributed by atoms with Gasteiger partial charge in [-0.3, -0.25) is 9.59 Å². The van der Waals surface area contributed by atoms with Crippen LogP contribution in [-0.4, -0.2) is 41.0 Å². The largest absolute Gasteiger partial charge is 0.483 e.